The molecule has 0 spiro atoms. The van der Waals surface area contributed by atoms with Gasteiger partial charge in [-0.1, -0.05) is 96.8 Å². The number of hydrogen-bond acceptors (Lipinski definition) is 4. The average molecular weight is 359 g/mol. The van der Waals surface area contributed by atoms with Gasteiger partial charge in [-0.05, 0) is 6.42 Å². The van der Waals surface area contributed by atoms with Crippen LogP contribution in [-0.4, -0.2) is 35.0 Å². The van der Waals surface area contributed by atoms with Crippen LogP contribution in [-0.2, 0) is 4.79 Å². The van der Waals surface area contributed by atoms with Gasteiger partial charge in [0.15, 0.2) is 0 Å². The first-order chi connectivity index (χ1) is 12.1. The molecule has 0 bridgehead atoms. The Balaban J connectivity index is 3.33. The molecule has 25 heavy (non-hydrogen) atoms. The highest BCUT2D eigenvalue weighted by molar-refractivity contribution is 5.73. The first-order valence-corrected chi connectivity index (χ1v) is 10.5. The summed E-state index contributed by atoms with van der Waals surface area (Å²) < 4.78 is 0. The lowest BCUT2D eigenvalue weighted by Gasteiger charge is -2.15. The summed E-state index contributed by atoms with van der Waals surface area (Å²) in [5.41, 5.74) is 5.22. The number of carboxylic acid groups (broad SMARTS) is 1. The van der Waals surface area contributed by atoms with Crippen molar-refractivity contribution >= 4 is 5.97 Å². The lowest BCUT2D eigenvalue weighted by Crippen LogP contribution is -2.43. The lowest BCUT2D eigenvalue weighted by atomic mass is 10.0. The van der Waals surface area contributed by atoms with Crippen LogP contribution in [0, 0.1) is 0 Å². The van der Waals surface area contributed by atoms with Crippen LogP contribution >= 0.6 is 0 Å². The van der Waals surface area contributed by atoms with E-state index in [2.05, 4.69) is 12.2 Å². The van der Waals surface area contributed by atoms with E-state index in [1.165, 1.54) is 77.0 Å². The normalized spacial score (nSPS) is 13.7. The molecular formula is C20H42N2O3. The Kier molecular flexibility index (Phi) is 17.7. The zero-order valence-electron chi connectivity index (χ0n) is 16.3. The number of aliphatic hydroxyl groups excluding tert-OH is 1. The Bertz CT molecular complexity index is 299. The van der Waals surface area contributed by atoms with E-state index in [4.69, 9.17) is 15.9 Å². The number of aliphatic hydroxyl groups is 1. The molecule has 0 aromatic carbocycles. The fourth-order valence-corrected chi connectivity index (χ4v) is 3.12. The predicted molar refractivity (Wildman–Crippen MR) is 105 cm³/mol. The van der Waals surface area contributed by atoms with E-state index in [1.807, 2.05) is 0 Å². The van der Waals surface area contributed by atoms with E-state index in [-0.39, 0.29) is 6.54 Å². The largest absolute Gasteiger partial charge is 0.480 e. The first-order valence-electron chi connectivity index (χ1n) is 10.5. The van der Waals surface area contributed by atoms with Gasteiger partial charge in [-0.3, -0.25) is 4.79 Å². The van der Waals surface area contributed by atoms with Crippen molar-refractivity contribution in [2.24, 2.45) is 5.73 Å². The van der Waals surface area contributed by atoms with Crippen molar-refractivity contribution in [2.45, 2.75) is 116 Å². The SMILES string of the molecule is CCCCCCCCCCCCCCCCC(NCC(N)O)C(=O)O. The fourth-order valence-electron chi connectivity index (χ4n) is 3.12. The fraction of sp³-hybridized carbons (Fsp3) is 0.950. The molecule has 5 N–H and O–H groups in total. The highest BCUT2D eigenvalue weighted by Gasteiger charge is 2.16. The van der Waals surface area contributed by atoms with E-state index in [0.29, 0.717) is 6.42 Å². The van der Waals surface area contributed by atoms with Crippen LogP contribution in [0.1, 0.15) is 103 Å². The summed E-state index contributed by atoms with van der Waals surface area (Å²) in [6.07, 6.45) is 17.7. The molecule has 0 aromatic heterocycles. The standard InChI is InChI=1S/C20H42N2O3/c1-2-3-4-5-6-7-8-9-10-11-12-13-14-15-16-18(20(24)25)22-17-19(21)23/h18-19,22-23H,2-17,21H2,1H3,(H,24,25). The number of aliphatic carboxylic acids is 1. The van der Waals surface area contributed by atoms with Crippen molar-refractivity contribution in [3.63, 3.8) is 0 Å². The number of rotatable bonds is 19. The molecule has 0 aromatic rings. The van der Waals surface area contributed by atoms with E-state index in [0.717, 1.165) is 12.8 Å². The van der Waals surface area contributed by atoms with Gasteiger partial charge in [-0.2, -0.15) is 0 Å². The monoisotopic (exact) mass is 358 g/mol. The molecule has 2 atom stereocenters. The van der Waals surface area contributed by atoms with Gasteiger partial charge in [-0.25, -0.2) is 0 Å². The molecule has 0 saturated carbocycles. The van der Waals surface area contributed by atoms with Crippen LogP contribution in [0.2, 0.25) is 0 Å². The summed E-state index contributed by atoms with van der Waals surface area (Å²) in [6.45, 7) is 2.38. The van der Waals surface area contributed by atoms with Crippen LogP contribution in [0.3, 0.4) is 0 Å². The maximum Gasteiger partial charge on any atom is 0.320 e. The zero-order valence-corrected chi connectivity index (χ0v) is 16.3. The molecular weight excluding hydrogens is 316 g/mol. The van der Waals surface area contributed by atoms with E-state index >= 15 is 0 Å². The number of carboxylic acids is 1. The van der Waals surface area contributed by atoms with E-state index in [9.17, 15) is 4.79 Å². The Hall–Kier alpha value is -0.650. The third-order valence-corrected chi connectivity index (χ3v) is 4.72. The van der Waals surface area contributed by atoms with Crippen LogP contribution in [0.4, 0.5) is 0 Å². The summed E-state index contributed by atoms with van der Waals surface area (Å²) in [4.78, 5) is 11.1. The van der Waals surface area contributed by atoms with E-state index in [1.54, 1.807) is 0 Å². The summed E-state index contributed by atoms with van der Waals surface area (Å²) in [7, 11) is 0. The molecule has 0 saturated heterocycles. The van der Waals surface area contributed by atoms with Gasteiger partial charge in [0, 0.05) is 6.54 Å². The van der Waals surface area contributed by atoms with Crippen LogP contribution in [0.5, 0.6) is 0 Å². The van der Waals surface area contributed by atoms with Gasteiger partial charge >= 0.3 is 5.97 Å². The number of nitrogens with two attached hydrogens (primary N) is 1. The number of nitrogens with one attached hydrogen (secondary N) is 1. The molecule has 0 amide bonds. The zero-order chi connectivity index (χ0) is 18.8. The Morgan fingerprint density at radius 2 is 1.24 bits per heavy atom. The average Bonchev–Trinajstić information content (AvgIpc) is 2.57. The molecule has 0 heterocycles. The highest BCUT2D eigenvalue weighted by Crippen LogP contribution is 2.13. The van der Waals surface area contributed by atoms with Crippen LogP contribution in [0.15, 0.2) is 0 Å². The first kappa shape index (κ1) is 24.4. The Morgan fingerprint density at radius 3 is 1.60 bits per heavy atom. The number of carbonyl (C=O) groups is 1. The molecule has 0 rings (SSSR count). The third-order valence-electron chi connectivity index (χ3n) is 4.72. The number of unbranched alkanes of at least 4 members (excludes halogenated alkanes) is 13. The van der Waals surface area contributed by atoms with E-state index < -0.39 is 18.2 Å². The predicted octanol–water partition coefficient (Wildman–Crippen LogP) is 4.18. The van der Waals surface area contributed by atoms with Gasteiger partial charge < -0.3 is 21.3 Å². The van der Waals surface area contributed by atoms with Gasteiger partial charge in [0.25, 0.3) is 0 Å². The minimum absolute atomic E-state index is 0.121. The Morgan fingerprint density at radius 1 is 0.840 bits per heavy atom. The minimum atomic E-state index is -1.00. The summed E-state index contributed by atoms with van der Waals surface area (Å²) in [5.74, 6) is -0.865. The molecule has 0 radical (unpaired) electrons. The third kappa shape index (κ3) is 18.0. The summed E-state index contributed by atoms with van der Waals surface area (Å²) >= 11 is 0. The van der Waals surface area contributed by atoms with Crippen molar-refractivity contribution in [1.29, 1.82) is 0 Å². The topological polar surface area (TPSA) is 95.6 Å². The quantitative estimate of drug-likeness (QED) is 0.205. The van der Waals surface area contributed by atoms with Crippen molar-refractivity contribution in [2.75, 3.05) is 6.54 Å². The summed E-state index contributed by atoms with van der Waals surface area (Å²) in [6, 6.07) is -0.601. The smallest absolute Gasteiger partial charge is 0.320 e. The molecule has 0 fully saturated rings. The summed E-state index contributed by atoms with van der Waals surface area (Å²) in [5, 5.41) is 20.9. The van der Waals surface area contributed by atoms with Crippen molar-refractivity contribution < 1.29 is 15.0 Å². The number of hydrogen-bond donors (Lipinski definition) is 4. The van der Waals surface area contributed by atoms with Gasteiger partial charge in [0.2, 0.25) is 0 Å². The highest BCUT2D eigenvalue weighted by atomic mass is 16.4. The molecule has 5 heteroatoms. The Labute approximate surface area is 154 Å². The minimum Gasteiger partial charge on any atom is -0.480 e. The molecule has 5 nitrogen and oxygen atoms in total. The van der Waals surface area contributed by atoms with Gasteiger partial charge in [0.1, 0.15) is 12.3 Å². The van der Waals surface area contributed by atoms with Crippen LogP contribution < -0.4 is 11.1 Å². The maximum atomic E-state index is 11.1. The second-order valence-electron chi connectivity index (χ2n) is 7.25. The second-order valence-corrected chi connectivity index (χ2v) is 7.25. The van der Waals surface area contributed by atoms with Crippen molar-refractivity contribution in [3.05, 3.63) is 0 Å². The van der Waals surface area contributed by atoms with Gasteiger partial charge in [0.05, 0.1) is 0 Å². The molecule has 2 unspecified atom stereocenters. The van der Waals surface area contributed by atoms with Gasteiger partial charge in [-0.15, -0.1) is 0 Å². The maximum absolute atomic E-state index is 11.1. The van der Waals surface area contributed by atoms with Crippen molar-refractivity contribution in [1.82, 2.24) is 5.32 Å². The molecule has 0 aliphatic carbocycles. The lowest BCUT2D eigenvalue weighted by molar-refractivity contribution is -0.139. The molecule has 150 valence electrons. The molecule has 0 aliphatic rings. The molecule has 0 aliphatic heterocycles. The van der Waals surface area contributed by atoms with Crippen LogP contribution in [0.25, 0.3) is 0 Å². The van der Waals surface area contributed by atoms with Crippen molar-refractivity contribution in [3.8, 4) is 0 Å². The second kappa shape index (κ2) is 18.2.